The molecule has 0 spiro atoms. The van der Waals surface area contributed by atoms with E-state index in [-0.39, 0.29) is 5.91 Å². The van der Waals surface area contributed by atoms with Gasteiger partial charge < -0.3 is 15.5 Å². The van der Waals surface area contributed by atoms with Crippen LogP contribution in [0.25, 0.3) is 0 Å². The molecule has 0 saturated carbocycles. The third kappa shape index (κ3) is 6.98. The summed E-state index contributed by atoms with van der Waals surface area (Å²) in [5.41, 5.74) is 2.05. The molecule has 134 valence electrons. The van der Waals surface area contributed by atoms with Crippen LogP contribution < -0.4 is 15.5 Å². The zero-order valence-corrected chi connectivity index (χ0v) is 15.1. The van der Waals surface area contributed by atoms with Gasteiger partial charge in [-0.2, -0.15) is 0 Å². The number of para-hydroxylation sites is 2. The van der Waals surface area contributed by atoms with Crippen LogP contribution >= 0.6 is 0 Å². The lowest BCUT2D eigenvalue weighted by Gasteiger charge is -2.24. The first kappa shape index (κ1) is 19.0. The van der Waals surface area contributed by atoms with E-state index in [4.69, 9.17) is 0 Å². The lowest BCUT2D eigenvalue weighted by atomic mass is 10.2. The number of hydrogen-bond acceptors (Lipinski definition) is 3. The van der Waals surface area contributed by atoms with E-state index in [1.807, 2.05) is 72.6 Å². The van der Waals surface area contributed by atoms with Crippen LogP contribution in [0.5, 0.6) is 0 Å². The summed E-state index contributed by atoms with van der Waals surface area (Å²) in [6, 6.07) is 20.1. The number of nitrogens with zero attached hydrogens (tertiary/aromatic N) is 1. The Bertz CT molecular complexity index is 562. The summed E-state index contributed by atoms with van der Waals surface area (Å²) in [6.45, 7) is 2.14. The predicted molar refractivity (Wildman–Crippen MR) is 105 cm³/mol. The highest BCUT2D eigenvalue weighted by Crippen LogP contribution is 2.24. The van der Waals surface area contributed by atoms with Crippen molar-refractivity contribution in [3.63, 3.8) is 0 Å². The molecule has 0 aliphatic carbocycles. The van der Waals surface area contributed by atoms with Gasteiger partial charge in [0, 0.05) is 17.9 Å². The van der Waals surface area contributed by atoms with Gasteiger partial charge in [0.05, 0.1) is 0 Å². The molecule has 0 aliphatic rings. The molecule has 0 radical (unpaired) electrons. The monoisotopic (exact) mass is 339 g/mol. The highest BCUT2D eigenvalue weighted by atomic mass is 16.2. The Kier molecular flexibility index (Phi) is 8.56. The molecule has 0 aromatic heterocycles. The van der Waals surface area contributed by atoms with Crippen LogP contribution in [0.2, 0.25) is 0 Å². The Morgan fingerprint density at radius 2 is 1.32 bits per heavy atom. The van der Waals surface area contributed by atoms with Crippen molar-refractivity contribution in [3.05, 3.63) is 60.7 Å². The molecule has 0 fully saturated rings. The van der Waals surface area contributed by atoms with Crippen molar-refractivity contribution in [1.82, 2.24) is 10.6 Å². The highest BCUT2D eigenvalue weighted by Gasteiger charge is 2.13. The van der Waals surface area contributed by atoms with E-state index < -0.39 is 0 Å². The van der Waals surface area contributed by atoms with Gasteiger partial charge in [-0.1, -0.05) is 49.2 Å². The molecule has 0 aliphatic heterocycles. The van der Waals surface area contributed by atoms with E-state index in [1.165, 1.54) is 12.8 Å². The van der Waals surface area contributed by atoms with Gasteiger partial charge in [-0.25, -0.2) is 0 Å². The van der Waals surface area contributed by atoms with E-state index >= 15 is 0 Å². The predicted octanol–water partition coefficient (Wildman–Crippen LogP) is 3.72. The molecule has 1 amide bonds. The van der Waals surface area contributed by atoms with Gasteiger partial charge in [0.2, 0.25) is 5.91 Å². The fourth-order valence-corrected chi connectivity index (χ4v) is 2.76. The SMILES string of the molecule is CNCCCCCCNC(=O)CN(c1ccccc1)c1ccccc1. The summed E-state index contributed by atoms with van der Waals surface area (Å²) >= 11 is 0. The molecule has 0 atom stereocenters. The maximum atomic E-state index is 12.4. The minimum atomic E-state index is 0.0583. The Hall–Kier alpha value is -2.33. The maximum absolute atomic E-state index is 12.4. The van der Waals surface area contributed by atoms with Gasteiger partial charge in [-0.3, -0.25) is 4.79 Å². The average molecular weight is 339 g/mol. The molecular weight excluding hydrogens is 310 g/mol. The first-order valence-electron chi connectivity index (χ1n) is 9.10. The molecular formula is C21H29N3O. The topological polar surface area (TPSA) is 44.4 Å². The van der Waals surface area contributed by atoms with Crippen molar-refractivity contribution in [2.24, 2.45) is 0 Å². The molecule has 2 aromatic rings. The molecule has 2 aromatic carbocycles. The molecule has 0 saturated heterocycles. The molecule has 0 heterocycles. The van der Waals surface area contributed by atoms with Crippen molar-refractivity contribution < 1.29 is 4.79 Å². The van der Waals surface area contributed by atoms with E-state index in [0.717, 1.165) is 37.3 Å². The second-order valence-corrected chi connectivity index (χ2v) is 6.12. The van der Waals surface area contributed by atoms with Gasteiger partial charge in [0.15, 0.2) is 0 Å². The van der Waals surface area contributed by atoms with Gasteiger partial charge in [-0.15, -0.1) is 0 Å². The number of nitrogens with one attached hydrogen (secondary N) is 2. The first-order chi connectivity index (χ1) is 12.3. The zero-order valence-electron chi connectivity index (χ0n) is 15.1. The molecule has 2 N–H and O–H groups in total. The summed E-state index contributed by atoms with van der Waals surface area (Å²) in [6.07, 6.45) is 4.59. The van der Waals surface area contributed by atoms with E-state index in [9.17, 15) is 4.79 Å². The number of unbranched alkanes of at least 4 members (excludes halogenated alkanes) is 3. The third-order valence-electron chi connectivity index (χ3n) is 4.11. The smallest absolute Gasteiger partial charge is 0.239 e. The quantitative estimate of drug-likeness (QED) is 0.613. The number of rotatable bonds is 11. The van der Waals surface area contributed by atoms with Crippen molar-refractivity contribution in [1.29, 1.82) is 0 Å². The third-order valence-corrected chi connectivity index (χ3v) is 4.11. The van der Waals surface area contributed by atoms with Crippen LogP contribution in [-0.2, 0) is 4.79 Å². The second kappa shape index (κ2) is 11.3. The zero-order chi connectivity index (χ0) is 17.7. The lowest BCUT2D eigenvalue weighted by Crippen LogP contribution is -2.35. The molecule has 25 heavy (non-hydrogen) atoms. The van der Waals surface area contributed by atoms with Crippen molar-refractivity contribution >= 4 is 17.3 Å². The highest BCUT2D eigenvalue weighted by molar-refractivity contribution is 5.84. The number of carbonyl (C=O) groups excluding carboxylic acids is 1. The molecule has 4 heteroatoms. The Balaban J connectivity index is 1.84. The Morgan fingerprint density at radius 1 is 0.800 bits per heavy atom. The summed E-state index contributed by atoms with van der Waals surface area (Å²) in [5, 5.41) is 6.20. The summed E-state index contributed by atoms with van der Waals surface area (Å²) in [7, 11) is 1.98. The minimum absolute atomic E-state index is 0.0583. The standard InChI is InChI=1S/C21H29N3O/c1-22-16-10-2-3-11-17-23-21(25)18-24(19-12-6-4-7-13-19)20-14-8-5-9-15-20/h4-9,12-15,22H,2-3,10-11,16-18H2,1H3,(H,23,25). The lowest BCUT2D eigenvalue weighted by molar-refractivity contribution is -0.119. The van der Waals surface area contributed by atoms with Crippen molar-refractivity contribution in [2.75, 3.05) is 31.6 Å². The van der Waals surface area contributed by atoms with Crippen LogP contribution in [0.15, 0.2) is 60.7 Å². The largest absolute Gasteiger partial charge is 0.355 e. The van der Waals surface area contributed by atoms with Gasteiger partial charge in [0.1, 0.15) is 6.54 Å². The van der Waals surface area contributed by atoms with Crippen LogP contribution in [0.3, 0.4) is 0 Å². The normalized spacial score (nSPS) is 10.4. The molecule has 0 bridgehead atoms. The summed E-state index contributed by atoms with van der Waals surface area (Å²) in [4.78, 5) is 14.4. The minimum Gasteiger partial charge on any atom is -0.355 e. The van der Waals surface area contributed by atoms with Gasteiger partial charge in [0.25, 0.3) is 0 Å². The van der Waals surface area contributed by atoms with Crippen LogP contribution in [0, 0.1) is 0 Å². The van der Waals surface area contributed by atoms with Gasteiger partial charge in [-0.05, 0) is 50.7 Å². The number of benzene rings is 2. The van der Waals surface area contributed by atoms with E-state index in [2.05, 4.69) is 10.6 Å². The van der Waals surface area contributed by atoms with E-state index in [0.29, 0.717) is 6.54 Å². The van der Waals surface area contributed by atoms with E-state index in [1.54, 1.807) is 0 Å². The molecule has 0 unspecified atom stereocenters. The Labute approximate surface area is 151 Å². The maximum Gasteiger partial charge on any atom is 0.239 e. The molecule has 4 nitrogen and oxygen atoms in total. The number of carbonyl (C=O) groups is 1. The van der Waals surface area contributed by atoms with Crippen molar-refractivity contribution in [2.45, 2.75) is 25.7 Å². The fraction of sp³-hybridized carbons (Fsp3) is 0.381. The van der Waals surface area contributed by atoms with Crippen LogP contribution in [0.4, 0.5) is 11.4 Å². The van der Waals surface area contributed by atoms with Crippen molar-refractivity contribution in [3.8, 4) is 0 Å². The average Bonchev–Trinajstić information content (AvgIpc) is 2.67. The number of hydrogen-bond donors (Lipinski definition) is 2. The fourth-order valence-electron chi connectivity index (χ4n) is 2.76. The number of anilines is 2. The Morgan fingerprint density at radius 3 is 1.84 bits per heavy atom. The molecule has 2 rings (SSSR count). The second-order valence-electron chi connectivity index (χ2n) is 6.12. The van der Waals surface area contributed by atoms with Crippen LogP contribution in [0.1, 0.15) is 25.7 Å². The first-order valence-corrected chi connectivity index (χ1v) is 9.10. The summed E-state index contributed by atoms with van der Waals surface area (Å²) < 4.78 is 0. The number of amides is 1. The summed E-state index contributed by atoms with van der Waals surface area (Å²) in [5.74, 6) is 0.0583. The van der Waals surface area contributed by atoms with Crippen LogP contribution in [-0.4, -0.2) is 32.6 Å². The van der Waals surface area contributed by atoms with Gasteiger partial charge >= 0.3 is 0 Å².